The molecule has 7 nitrogen and oxygen atoms in total. The van der Waals surface area contributed by atoms with Crippen LogP contribution in [0.15, 0.2) is 70.5 Å². The normalized spacial score (nSPS) is 23.7. The Balaban J connectivity index is 1.42. The number of fused-ring (bicyclic) bond motifs is 5. The van der Waals surface area contributed by atoms with Crippen molar-refractivity contribution in [2.24, 2.45) is 0 Å². The van der Waals surface area contributed by atoms with Gasteiger partial charge in [-0.05, 0) is 35.6 Å². The molecule has 3 aromatic rings. The molecule has 7 rings (SSSR count). The van der Waals surface area contributed by atoms with Crippen LogP contribution < -0.4 is 10.4 Å². The topological polar surface area (TPSA) is 75.0 Å². The van der Waals surface area contributed by atoms with Gasteiger partial charge in [0.25, 0.3) is 5.91 Å². The van der Waals surface area contributed by atoms with Gasteiger partial charge in [0, 0.05) is 41.9 Å². The van der Waals surface area contributed by atoms with E-state index in [9.17, 15) is 14.7 Å². The zero-order valence-corrected chi connectivity index (χ0v) is 19.9. The van der Waals surface area contributed by atoms with Gasteiger partial charge < -0.3 is 14.7 Å². The Kier molecular flexibility index (Phi) is 4.60. The number of morpholine rings is 1. The van der Waals surface area contributed by atoms with Crippen molar-refractivity contribution >= 4 is 17.7 Å². The summed E-state index contributed by atoms with van der Waals surface area (Å²) in [6, 6.07) is 18.4. The third kappa shape index (κ3) is 3.09. The predicted molar refractivity (Wildman–Crippen MR) is 132 cm³/mol. The highest BCUT2D eigenvalue weighted by molar-refractivity contribution is 7.98. The molecule has 1 spiro atoms. The van der Waals surface area contributed by atoms with Crippen molar-refractivity contribution < 1.29 is 14.6 Å². The number of benzene rings is 2. The van der Waals surface area contributed by atoms with Crippen LogP contribution in [0.3, 0.4) is 0 Å². The number of hydrogen-bond acceptors (Lipinski definition) is 6. The van der Waals surface area contributed by atoms with Gasteiger partial charge in [0.05, 0.1) is 6.61 Å². The molecule has 1 N–H and O–H groups in total. The number of aromatic hydroxyl groups is 1. The highest BCUT2D eigenvalue weighted by Gasteiger charge is 2.61. The minimum absolute atomic E-state index is 0.0380. The number of carbonyl (C=O) groups is 1. The summed E-state index contributed by atoms with van der Waals surface area (Å²) in [5.74, 6) is 0.136. The maximum atomic E-state index is 13.5. The molecule has 0 radical (unpaired) electrons. The monoisotopic (exact) mass is 487 g/mol. The van der Waals surface area contributed by atoms with Crippen molar-refractivity contribution in [3.05, 3.63) is 93.4 Å². The van der Waals surface area contributed by atoms with Gasteiger partial charge in [-0.3, -0.25) is 19.3 Å². The Bertz CT molecular complexity index is 1370. The number of nitrogens with zero attached hydrogens (tertiary/aromatic N) is 3. The second-order valence-corrected chi connectivity index (χ2v) is 10.7. The van der Waals surface area contributed by atoms with Crippen molar-refractivity contribution in [1.29, 1.82) is 0 Å². The van der Waals surface area contributed by atoms with E-state index in [0.29, 0.717) is 19.7 Å². The lowest BCUT2D eigenvalue weighted by molar-refractivity contribution is -0.0881. The van der Waals surface area contributed by atoms with Gasteiger partial charge in [-0.1, -0.05) is 42.5 Å². The molecule has 35 heavy (non-hydrogen) atoms. The predicted octanol–water partition coefficient (Wildman–Crippen LogP) is 3.27. The van der Waals surface area contributed by atoms with Gasteiger partial charge in [-0.15, -0.1) is 11.8 Å². The summed E-state index contributed by atoms with van der Waals surface area (Å²) < 4.78 is 7.98. The maximum absolute atomic E-state index is 13.5. The zero-order chi connectivity index (χ0) is 23.7. The van der Waals surface area contributed by atoms with E-state index in [1.807, 2.05) is 11.8 Å². The first kappa shape index (κ1) is 21.1. The summed E-state index contributed by atoms with van der Waals surface area (Å²) in [7, 11) is 0. The molecule has 178 valence electrons. The van der Waals surface area contributed by atoms with Gasteiger partial charge in [-0.2, -0.15) is 0 Å². The number of hydrogen-bond donors (Lipinski definition) is 1. The van der Waals surface area contributed by atoms with Gasteiger partial charge in [0.1, 0.15) is 11.8 Å². The second kappa shape index (κ2) is 7.63. The van der Waals surface area contributed by atoms with E-state index in [2.05, 4.69) is 53.5 Å². The minimum Gasteiger partial charge on any atom is -0.502 e. The molecule has 0 unspecified atom stereocenters. The van der Waals surface area contributed by atoms with E-state index in [0.717, 1.165) is 18.6 Å². The average Bonchev–Trinajstić information content (AvgIpc) is 3.67. The Morgan fingerprint density at radius 1 is 1.03 bits per heavy atom. The van der Waals surface area contributed by atoms with Crippen molar-refractivity contribution in [3.63, 3.8) is 0 Å². The van der Waals surface area contributed by atoms with Crippen LogP contribution in [0.2, 0.25) is 0 Å². The molecule has 4 aliphatic rings. The van der Waals surface area contributed by atoms with Gasteiger partial charge in [0.2, 0.25) is 5.43 Å². The van der Waals surface area contributed by atoms with Gasteiger partial charge >= 0.3 is 0 Å². The number of ether oxygens (including phenoxy) is 1. The van der Waals surface area contributed by atoms with E-state index in [1.165, 1.54) is 27.7 Å². The van der Waals surface area contributed by atoms with Crippen LogP contribution in [0.1, 0.15) is 45.9 Å². The third-order valence-corrected chi connectivity index (χ3v) is 8.92. The van der Waals surface area contributed by atoms with Crippen LogP contribution in [0.25, 0.3) is 0 Å². The van der Waals surface area contributed by atoms with Gasteiger partial charge in [0.15, 0.2) is 11.4 Å². The molecule has 2 aromatic carbocycles. The molecule has 1 saturated heterocycles. The first-order valence-corrected chi connectivity index (χ1v) is 13.0. The lowest BCUT2D eigenvalue weighted by atomic mass is 9.88. The number of amides is 1. The number of rotatable bonds is 2. The second-order valence-electron chi connectivity index (χ2n) is 9.71. The molecular formula is C27H25N3O4S. The molecule has 1 aromatic heterocycles. The molecule has 3 aliphatic heterocycles. The highest BCUT2D eigenvalue weighted by atomic mass is 32.2. The van der Waals surface area contributed by atoms with Crippen LogP contribution in [-0.2, 0) is 10.5 Å². The number of thioether (sulfide) groups is 1. The van der Waals surface area contributed by atoms with Crippen LogP contribution in [0.5, 0.6) is 5.75 Å². The summed E-state index contributed by atoms with van der Waals surface area (Å²) in [5.41, 5.74) is 2.90. The number of aromatic nitrogens is 1. The summed E-state index contributed by atoms with van der Waals surface area (Å²) in [4.78, 5) is 28.9. The Labute approximate surface area is 206 Å². The molecule has 4 heterocycles. The SMILES string of the molecule is O=C1c2c(O)c(=O)ccn2N(C[C@H]2c3ccccc3CSc3ccccc32)[C@H]2N1CCOC21CC1. The number of carbonyl (C=O) groups excluding carboxylic acids is 1. The fourth-order valence-corrected chi connectivity index (χ4v) is 7.11. The van der Waals surface area contributed by atoms with Crippen LogP contribution in [-0.4, -0.2) is 52.1 Å². The van der Waals surface area contributed by atoms with Crippen molar-refractivity contribution in [2.75, 3.05) is 24.7 Å². The lowest BCUT2D eigenvalue weighted by Crippen LogP contribution is -2.70. The third-order valence-electron chi connectivity index (χ3n) is 7.78. The summed E-state index contributed by atoms with van der Waals surface area (Å²) in [6.45, 7) is 1.46. The smallest absolute Gasteiger partial charge is 0.278 e. The average molecular weight is 488 g/mol. The van der Waals surface area contributed by atoms with Crippen molar-refractivity contribution in [2.45, 2.75) is 41.2 Å². The van der Waals surface area contributed by atoms with Crippen LogP contribution >= 0.6 is 11.8 Å². The largest absolute Gasteiger partial charge is 0.502 e. The standard InChI is InChI=1S/C27H25N3O4S/c31-21-9-12-29-23(24(21)32)25(33)28-13-14-34-27(10-11-27)26(28)30(29)15-20-18-6-2-1-5-17(18)16-35-22-8-4-3-7-19(20)22/h1-9,12,20,26,32H,10-11,13-16H2/t20-,26+/m0/s1. The minimum atomic E-state index is -0.543. The Hall–Kier alpha value is -3.23. The molecule has 2 atom stereocenters. The Morgan fingerprint density at radius 3 is 2.63 bits per heavy atom. The lowest BCUT2D eigenvalue weighted by Gasteiger charge is -2.52. The van der Waals surface area contributed by atoms with E-state index in [4.69, 9.17) is 4.74 Å². The first-order valence-electron chi connectivity index (χ1n) is 12.0. The first-order chi connectivity index (χ1) is 17.1. The fraction of sp³-hybridized carbons (Fsp3) is 0.333. The van der Waals surface area contributed by atoms with E-state index >= 15 is 0 Å². The Morgan fingerprint density at radius 2 is 1.80 bits per heavy atom. The molecule has 1 saturated carbocycles. The summed E-state index contributed by atoms with van der Waals surface area (Å²) in [6.07, 6.45) is 3.09. The maximum Gasteiger partial charge on any atom is 0.278 e. The molecule has 8 heteroatoms. The summed E-state index contributed by atoms with van der Waals surface area (Å²) >= 11 is 1.85. The van der Waals surface area contributed by atoms with Crippen molar-refractivity contribution in [3.8, 4) is 5.75 Å². The van der Waals surface area contributed by atoms with E-state index in [-0.39, 0.29) is 23.7 Å². The molecule has 1 amide bonds. The summed E-state index contributed by atoms with van der Waals surface area (Å²) in [5, 5.41) is 12.8. The van der Waals surface area contributed by atoms with Crippen LogP contribution in [0.4, 0.5) is 0 Å². The van der Waals surface area contributed by atoms with E-state index in [1.54, 1.807) is 15.8 Å². The zero-order valence-electron chi connectivity index (χ0n) is 19.1. The fourth-order valence-electron chi connectivity index (χ4n) is 5.98. The van der Waals surface area contributed by atoms with Gasteiger partial charge in [-0.25, -0.2) is 0 Å². The number of pyridine rings is 1. The van der Waals surface area contributed by atoms with E-state index < -0.39 is 16.8 Å². The molecular weight excluding hydrogens is 462 g/mol. The van der Waals surface area contributed by atoms with Crippen molar-refractivity contribution in [1.82, 2.24) is 9.58 Å². The highest BCUT2D eigenvalue weighted by Crippen LogP contribution is 2.50. The quantitative estimate of drug-likeness (QED) is 0.598. The molecule has 1 aliphatic carbocycles. The molecule has 0 bridgehead atoms. The molecule has 2 fully saturated rings. The van der Waals surface area contributed by atoms with Crippen LogP contribution in [0, 0.1) is 0 Å².